The van der Waals surface area contributed by atoms with Crippen molar-refractivity contribution in [2.24, 2.45) is 0 Å². The van der Waals surface area contributed by atoms with Crippen molar-refractivity contribution in [2.75, 3.05) is 19.6 Å². The highest BCUT2D eigenvalue weighted by molar-refractivity contribution is 4.78. The zero-order valence-electron chi connectivity index (χ0n) is 12.2. The Morgan fingerprint density at radius 1 is 1.06 bits per heavy atom. The summed E-state index contributed by atoms with van der Waals surface area (Å²) in [7, 11) is 0. The summed E-state index contributed by atoms with van der Waals surface area (Å²) in [6.07, 6.45) is 9.76. The van der Waals surface area contributed by atoms with Crippen LogP contribution in [-0.4, -0.2) is 36.6 Å². The first-order valence-corrected chi connectivity index (χ1v) is 7.71. The highest BCUT2D eigenvalue weighted by Crippen LogP contribution is 2.12. The van der Waals surface area contributed by atoms with Crippen molar-refractivity contribution < 1.29 is 0 Å². The summed E-state index contributed by atoms with van der Waals surface area (Å²) in [4.78, 5) is 2.69. The van der Waals surface area contributed by atoms with Crippen molar-refractivity contribution in [3.8, 4) is 0 Å². The molecule has 1 N–H and O–H groups in total. The second-order valence-corrected chi connectivity index (χ2v) is 5.76. The Morgan fingerprint density at radius 2 is 1.76 bits per heavy atom. The highest BCUT2D eigenvalue weighted by Gasteiger charge is 2.19. The molecule has 0 spiro atoms. The third-order valence-electron chi connectivity index (χ3n) is 3.99. The Balaban J connectivity index is 2.11. The van der Waals surface area contributed by atoms with Crippen LogP contribution in [0.5, 0.6) is 0 Å². The maximum Gasteiger partial charge on any atom is 0.0166 e. The quantitative estimate of drug-likeness (QED) is 0.686. The molecule has 0 amide bonds. The van der Waals surface area contributed by atoms with Gasteiger partial charge in [-0.15, -0.1) is 0 Å². The molecular weight excluding hydrogens is 208 g/mol. The molecule has 0 aromatic heterocycles. The van der Waals surface area contributed by atoms with Crippen molar-refractivity contribution in [1.82, 2.24) is 10.2 Å². The van der Waals surface area contributed by atoms with Crippen LogP contribution < -0.4 is 5.32 Å². The number of hydrogen-bond donors (Lipinski definition) is 1. The lowest BCUT2D eigenvalue weighted by Crippen LogP contribution is -2.39. The lowest BCUT2D eigenvalue weighted by molar-refractivity contribution is 0.203. The van der Waals surface area contributed by atoms with Crippen molar-refractivity contribution in [1.29, 1.82) is 0 Å². The van der Waals surface area contributed by atoms with Crippen LogP contribution in [0.2, 0.25) is 0 Å². The van der Waals surface area contributed by atoms with Crippen molar-refractivity contribution in [2.45, 2.75) is 77.8 Å². The van der Waals surface area contributed by atoms with Gasteiger partial charge in [0.1, 0.15) is 0 Å². The minimum atomic E-state index is 0.667. The van der Waals surface area contributed by atoms with Crippen LogP contribution in [0.4, 0.5) is 0 Å². The first kappa shape index (κ1) is 15.0. The van der Waals surface area contributed by atoms with Gasteiger partial charge in [0.25, 0.3) is 0 Å². The van der Waals surface area contributed by atoms with Crippen LogP contribution in [0.25, 0.3) is 0 Å². The summed E-state index contributed by atoms with van der Waals surface area (Å²) in [5.74, 6) is 0. The summed E-state index contributed by atoms with van der Waals surface area (Å²) < 4.78 is 0. The molecule has 2 unspecified atom stereocenters. The smallest absolute Gasteiger partial charge is 0.0166 e. The van der Waals surface area contributed by atoms with E-state index in [1.807, 2.05) is 0 Å². The van der Waals surface area contributed by atoms with Gasteiger partial charge in [0.2, 0.25) is 0 Å². The van der Waals surface area contributed by atoms with Gasteiger partial charge in [-0.25, -0.2) is 0 Å². The van der Waals surface area contributed by atoms with Crippen LogP contribution in [-0.2, 0) is 0 Å². The van der Waals surface area contributed by atoms with Gasteiger partial charge in [-0.2, -0.15) is 0 Å². The summed E-state index contributed by atoms with van der Waals surface area (Å²) >= 11 is 0. The van der Waals surface area contributed by atoms with Gasteiger partial charge in [-0.05, 0) is 39.8 Å². The van der Waals surface area contributed by atoms with E-state index in [1.165, 1.54) is 64.6 Å². The van der Waals surface area contributed by atoms with Crippen LogP contribution in [0, 0.1) is 0 Å². The molecule has 0 saturated carbocycles. The van der Waals surface area contributed by atoms with Crippen LogP contribution in [0.3, 0.4) is 0 Å². The van der Waals surface area contributed by atoms with E-state index in [9.17, 15) is 0 Å². The number of rotatable bonds is 7. The van der Waals surface area contributed by atoms with Crippen molar-refractivity contribution >= 4 is 0 Å². The van der Waals surface area contributed by atoms with E-state index in [0.29, 0.717) is 6.04 Å². The fourth-order valence-electron chi connectivity index (χ4n) is 2.72. The van der Waals surface area contributed by atoms with Gasteiger partial charge in [0.15, 0.2) is 0 Å². The zero-order valence-corrected chi connectivity index (χ0v) is 12.2. The molecule has 1 rings (SSSR count). The normalized spacial score (nSPS) is 27.0. The Bertz CT molecular complexity index is 182. The predicted octanol–water partition coefficient (Wildman–Crippen LogP) is 3.42. The molecule has 0 aliphatic carbocycles. The molecule has 2 nitrogen and oxygen atoms in total. The summed E-state index contributed by atoms with van der Waals surface area (Å²) in [5, 5.41) is 3.58. The lowest BCUT2D eigenvalue weighted by atomic mass is 10.1. The monoisotopic (exact) mass is 240 g/mol. The fraction of sp³-hybridized carbons (Fsp3) is 1.00. The second kappa shape index (κ2) is 8.93. The van der Waals surface area contributed by atoms with E-state index in [-0.39, 0.29) is 0 Å². The first-order chi connectivity index (χ1) is 8.24. The van der Waals surface area contributed by atoms with E-state index >= 15 is 0 Å². The van der Waals surface area contributed by atoms with Crippen molar-refractivity contribution in [3.63, 3.8) is 0 Å². The number of nitrogens with one attached hydrogen (secondary N) is 1. The van der Waals surface area contributed by atoms with Crippen LogP contribution >= 0.6 is 0 Å². The van der Waals surface area contributed by atoms with Gasteiger partial charge in [-0.3, -0.25) is 4.90 Å². The number of unbranched alkanes of at least 4 members (excludes halogenated alkanes) is 5. The van der Waals surface area contributed by atoms with E-state index < -0.39 is 0 Å². The van der Waals surface area contributed by atoms with Crippen LogP contribution in [0.1, 0.15) is 65.7 Å². The first-order valence-electron chi connectivity index (χ1n) is 7.71. The Labute approximate surface area is 108 Å². The largest absolute Gasteiger partial charge is 0.313 e. The van der Waals surface area contributed by atoms with Crippen molar-refractivity contribution in [3.05, 3.63) is 0 Å². The van der Waals surface area contributed by atoms with Crippen LogP contribution in [0.15, 0.2) is 0 Å². The minimum absolute atomic E-state index is 0.667. The van der Waals surface area contributed by atoms with E-state index in [0.717, 1.165) is 6.04 Å². The molecule has 0 radical (unpaired) electrons. The molecule has 1 saturated heterocycles. The molecule has 17 heavy (non-hydrogen) atoms. The average molecular weight is 240 g/mol. The van der Waals surface area contributed by atoms with E-state index in [4.69, 9.17) is 0 Å². The minimum Gasteiger partial charge on any atom is -0.313 e. The van der Waals surface area contributed by atoms with Gasteiger partial charge in [0, 0.05) is 18.6 Å². The molecule has 1 aliphatic heterocycles. The Morgan fingerprint density at radius 3 is 2.53 bits per heavy atom. The second-order valence-electron chi connectivity index (χ2n) is 5.76. The zero-order chi connectivity index (χ0) is 12.5. The average Bonchev–Trinajstić information content (AvgIpc) is 2.46. The highest BCUT2D eigenvalue weighted by atomic mass is 15.2. The predicted molar refractivity (Wildman–Crippen MR) is 76.5 cm³/mol. The molecule has 102 valence electrons. The van der Waals surface area contributed by atoms with Gasteiger partial charge < -0.3 is 5.32 Å². The molecule has 2 atom stereocenters. The molecule has 1 heterocycles. The summed E-state index contributed by atoms with van der Waals surface area (Å²) in [6, 6.07) is 1.43. The topological polar surface area (TPSA) is 15.3 Å². The molecule has 1 aliphatic rings. The SMILES string of the molecule is CCCCCCCCN1CC(C)NCCC1C. The van der Waals surface area contributed by atoms with E-state index in [2.05, 4.69) is 31.0 Å². The molecular formula is C15H32N2. The lowest BCUT2D eigenvalue weighted by Gasteiger charge is -2.28. The maximum atomic E-state index is 3.58. The Hall–Kier alpha value is -0.0800. The third-order valence-corrected chi connectivity index (χ3v) is 3.99. The molecule has 0 aromatic rings. The number of nitrogens with zero attached hydrogens (tertiary/aromatic N) is 1. The maximum absolute atomic E-state index is 3.58. The summed E-state index contributed by atoms with van der Waals surface area (Å²) in [5.41, 5.74) is 0. The fourth-order valence-corrected chi connectivity index (χ4v) is 2.72. The standard InChI is InChI=1S/C15H32N2/c1-4-5-6-7-8-9-12-17-13-14(2)16-11-10-15(17)3/h14-16H,4-13H2,1-3H3. The molecule has 1 fully saturated rings. The Kier molecular flexibility index (Phi) is 7.87. The van der Waals surface area contributed by atoms with Gasteiger partial charge >= 0.3 is 0 Å². The summed E-state index contributed by atoms with van der Waals surface area (Å²) in [6.45, 7) is 10.7. The number of hydrogen-bond acceptors (Lipinski definition) is 2. The molecule has 0 bridgehead atoms. The van der Waals surface area contributed by atoms with E-state index in [1.54, 1.807) is 0 Å². The molecule has 2 heteroatoms. The third kappa shape index (κ3) is 6.42. The molecule has 0 aromatic carbocycles. The van der Waals surface area contributed by atoms with Gasteiger partial charge in [-0.1, -0.05) is 39.0 Å². The van der Waals surface area contributed by atoms with Gasteiger partial charge in [0.05, 0.1) is 0 Å².